The Kier molecular flexibility index (Phi) is 2.93. The molecule has 3 rings (SSSR count). The van der Waals surface area contributed by atoms with Crippen molar-refractivity contribution in [1.29, 1.82) is 0 Å². The molecule has 0 bridgehead atoms. The Morgan fingerprint density at radius 3 is 2.89 bits per heavy atom. The number of aromatic amines is 1. The number of hydrogen-bond donors (Lipinski definition) is 3. The van der Waals surface area contributed by atoms with E-state index < -0.39 is 0 Å². The molecule has 0 aliphatic carbocycles. The second-order valence-electron chi connectivity index (χ2n) is 4.50. The standard InChI is InChI=1S/C12H15N5O/c18-17-8-2-1-3-10(17)12-14-11(15-16-12)9-4-6-13-7-5-9/h1-3,8-9,13,18H,4-7H2/p+1. The van der Waals surface area contributed by atoms with Crippen LogP contribution < -0.4 is 10.0 Å². The highest BCUT2D eigenvalue weighted by Crippen LogP contribution is 2.23. The first-order valence-corrected chi connectivity index (χ1v) is 6.18. The highest BCUT2D eigenvalue weighted by Gasteiger charge is 2.22. The van der Waals surface area contributed by atoms with E-state index in [1.165, 1.54) is 0 Å². The first-order valence-electron chi connectivity index (χ1n) is 6.18. The molecule has 0 unspecified atom stereocenters. The summed E-state index contributed by atoms with van der Waals surface area (Å²) < 4.78 is 1.04. The fraction of sp³-hybridized carbons (Fsp3) is 0.417. The smallest absolute Gasteiger partial charge is 0.303 e. The van der Waals surface area contributed by atoms with Crippen molar-refractivity contribution >= 4 is 0 Å². The summed E-state index contributed by atoms with van der Waals surface area (Å²) in [5.41, 5.74) is 0.592. The Labute approximate surface area is 105 Å². The molecule has 2 aromatic heterocycles. The molecule has 6 nitrogen and oxygen atoms in total. The van der Waals surface area contributed by atoms with Gasteiger partial charge in [0.1, 0.15) is 5.82 Å². The van der Waals surface area contributed by atoms with Crippen LogP contribution in [-0.4, -0.2) is 33.5 Å². The van der Waals surface area contributed by atoms with Gasteiger partial charge in [0.15, 0.2) is 0 Å². The zero-order chi connectivity index (χ0) is 12.4. The minimum absolute atomic E-state index is 0.434. The first-order chi connectivity index (χ1) is 8.84. The van der Waals surface area contributed by atoms with Crippen molar-refractivity contribution in [2.75, 3.05) is 13.1 Å². The zero-order valence-electron chi connectivity index (χ0n) is 10.0. The van der Waals surface area contributed by atoms with E-state index in [2.05, 4.69) is 20.5 Å². The van der Waals surface area contributed by atoms with E-state index >= 15 is 0 Å². The predicted octanol–water partition coefficient (Wildman–Crippen LogP) is 0.463. The number of piperidine rings is 1. The number of nitrogens with one attached hydrogen (secondary N) is 2. The van der Waals surface area contributed by atoms with Gasteiger partial charge in [-0.2, -0.15) is 0 Å². The van der Waals surface area contributed by atoms with Crippen LogP contribution in [0.3, 0.4) is 0 Å². The monoisotopic (exact) mass is 246 g/mol. The van der Waals surface area contributed by atoms with E-state index in [1.807, 2.05) is 6.07 Å². The summed E-state index contributed by atoms with van der Waals surface area (Å²) in [6.45, 7) is 2.04. The van der Waals surface area contributed by atoms with E-state index in [9.17, 15) is 5.21 Å². The topological polar surface area (TPSA) is 77.7 Å². The fourth-order valence-corrected chi connectivity index (χ4v) is 2.28. The van der Waals surface area contributed by atoms with Crippen LogP contribution in [0.2, 0.25) is 0 Å². The van der Waals surface area contributed by atoms with Gasteiger partial charge in [-0.3, -0.25) is 10.3 Å². The third-order valence-electron chi connectivity index (χ3n) is 3.30. The van der Waals surface area contributed by atoms with Crippen LogP contribution in [0.1, 0.15) is 24.6 Å². The molecule has 0 amide bonds. The minimum Gasteiger partial charge on any atom is -0.317 e. The second-order valence-corrected chi connectivity index (χ2v) is 4.50. The molecule has 1 aliphatic rings. The van der Waals surface area contributed by atoms with Gasteiger partial charge in [0.2, 0.25) is 6.20 Å². The Bertz CT molecular complexity index is 533. The average molecular weight is 246 g/mol. The van der Waals surface area contributed by atoms with Crippen molar-refractivity contribution in [1.82, 2.24) is 20.5 Å². The summed E-state index contributed by atoms with van der Waals surface area (Å²) in [7, 11) is 0. The Morgan fingerprint density at radius 1 is 1.28 bits per heavy atom. The van der Waals surface area contributed by atoms with Crippen molar-refractivity contribution in [2.45, 2.75) is 18.8 Å². The van der Waals surface area contributed by atoms with E-state index in [0.29, 0.717) is 17.4 Å². The molecular weight excluding hydrogens is 230 g/mol. The van der Waals surface area contributed by atoms with Crippen LogP contribution in [0.25, 0.3) is 11.5 Å². The highest BCUT2D eigenvalue weighted by molar-refractivity contribution is 5.43. The molecule has 3 heterocycles. The van der Waals surface area contributed by atoms with Crippen molar-refractivity contribution in [2.24, 2.45) is 0 Å². The third kappa shape index (κ3) is 2.06. The number of aromatic nitrogens is 4. The van der Waals surface area contributed by atoms with Crippen LogP contribution >= 0.6 is 0 Å². The van der Waals surface area contributed by atoms with E-state index in [1.54, 1.807) is 18.3 Å². The molecule has 1 aliphatic heterocycles. The third-order valence-corrected chi connectivity index (χ3v) is 3.30. The molecular formula is C12H16N5O+. The second kappa shape index (κ2) is 4.73. The molecule has 3 N–H and O–H groups in total. The van der Waals surface area contributed by atoms with Crippen molar-refractivity contribution in [3.8, 4) is 11.5 Å². The molecule has 6 heteroatoms. The van der Waals surface area contributed by atoms with Crippen LogP contribution in [-0.2, 0) is 0 Å². The summed E-state index contributed by atoms with van der Waals surface area (Å²) in [5, 5.41) is 20.2. The Hall–Kier alpha value is -1.95. The lowest BCUT2D eigenvalue weighted by atomic mass is 9.98. The van der Waals surface area contributed by atoms with Crippen LogP contribution in [0, 0.1) is 0 Å². The molecule has 18 heavy (non-hydrogen) atoms. The summed E-state index contributed by atoms with van der Waals surface area (Å²) >= 11 is 0. The van der Waals surface area contributed by atoms with Crippen molar-refractivity contribution in [3.05, 3.63) is 30.2 Å². The number of hydrogen-bond acceptors (Lipinski definition) is 4. The minimum atomic E-state index is 0.434. The zero-order valence-corrected chi connectivity index (χ0v) is 10.0. The lowest BCUT2D eigenvalue weighted by Gasteiger charge is -2.19. The maximum Gasteiger partial charge on any atom is 0.303 e. The summed E-state index contributed by atoms with van der Waals surface area (Å²) in [6.07, 6.45) is 3.71. The first kappa shape index (κ1) is 11.2. The summed E-state index contributed by atoms with van der Waals surface area (Å²) in [5.74, 6) is 1.88. The molecule has 0 radical (unpaired) electrons. The van der Waals surface area contributed by atoms with E-state index in [-0.39, 0.29) is 0 Å². The fourth-order valence-electron chi connectivity index (χ4n) is 2.28. The molecule has 94 valence electrons. The van der Waals surface area contributed by atoms with Gasteiger partial charge in [0, 0.05) is 22.8 Å². The van der Waals surface area contributed by atoms with Gasteiger partial charge in [-0.05, 0) is 32.0 Å². The quantitative estimate of drug-likeness (QED) is 0.531. The van der Waals surface area contributed by atoms with Crippen LogP contribution in [0.4, 0.5) is 0 Å². The molecule has 1 fully saturated rings. The molecule has 0 atom stereocenters. The summed E-state index contributed by atoms with van der Waals surface area (Å²) in [6, 6.07) is 5.39. The van der Waals surface area contributed by atoms with Crippen molar-refractivity contribution < 1.29 is 9.94 Å². The molecule has 2 aromatic rings. The normalized spacial score (nSPS) is 16.9. The number of rotatable bonds is 2. The maximum absolute atomic E-state index is 9.70. The Morgan fingerprint density at radius 2 is 2.11 bits per heavy atom. The van der Waals surface area contributed by atoms with Crippen molar-refractivity contribution in [3.63, 3.8) is 0 Å². The number of H-pyrrole nitrogens is 1. The van der Waals surface area contributed by atoms with Gasteiger partial charge in [-0.1, -0.05) is 0 Å². The Balaban J connectivity index is 1.87. The lowest BCUT2D eigenvalue weighted by molar-refractivity contribution is -0.896. The number of nitrogens with zero attached hydrogens (tertiary/aromatic N) is 3. The SMILES string of the molecule is O[n+]1ccccc1-c1n[nH]c(C2CCNCC2)n1. The van der Waals surface area contributed by atoms with Crippen LogP contribution in [0.5, 0.6) is 0 Å². The average Bonchev–Trinajstić information content (AvgIpc) is 2.90. The molecule has 1 saturated heterocycles. The van der Waals surface area contributed by atoms with Gasteiger partial charge in [0.25, 0.3) is 5.82 Å². The molecule has 0 aromatic carbocycles. The predicted molar refractivity (Wildman–Crippen MR) is 64.0 cm³/mol. The van der Waals surface area contributed by atoms with Crippen LogP contribution in [0.15, 0.2) is 24.4 Å². The van der Waals surface area contributed by atoms with E-state index in [4.69, 9.17) is 0 Å². The van der Waals surface area contributed by atoms with Gasteiger partial charge in [-0.25, -0.2) is 4.98 Å². The maximum atomic E-state index is 9.70. The van der Waals surface area contributed by atoms with Gasteiger partial charge >= 0.3 is 5.69 Å². The molecule has 0 saturated carbocycles. The van der Waals surface area contributed by atoms with Gasteiger partial charge < -0.3 is 5.32 Å². The van der Waals surface area contributed by atoms with Gasteiger partial charge in [-0.15, -0.1) is 5.10 Å². The largest absolute Gasteiger partial charge is 0.317 e. The highest BCUT2D eigenvalue weighted by atomic mass is 16.5. The lowest BCUT2D eigenvalue weighted by Crippen LogP contribution is -2.32. The molecule has 0 spiro atoms. The number of pyridine rings is 1. The van der Waals surface area contributed by atoms with Gasteiger partial charge in [0.05, 0.1) is 0 Å². The summed E-state index contributed by atoms with van der Waals surface area (Å²) in [4.78, 5) is 4.49. The van der Waals surface area contributed by atoms with E-state index in [0.717, 1.165) is 36.5 Å².